The highest BCUT2D eigenvalue weighted by molar-refractivity contribution is 7.14. The number of nitrogens with zero attached hydrogens (tertiary/aromatic N) is 2. The standard InChI is InChI=1S/C19H17N3O3S/c1-13-17(22(24)25)12-18(26-13)19(23)20-15-10-6-7-11-16(15)21(2)14-8-4-3-5-9-14/h3-12H,1-2H3,(H,20,23). The molecule has 0 aliphatic carbocycles. The Bertz CT molecular complexity index is 954. The summed E-state index contributed by atoms with van der Waals surface area (Å²) in [5.41, 5.74) is 2.42. The van der Waals surface area contributed by atoms with Gasteiger partial charge in [0.25, 0.3) is 11.6 Å². The minimum atomic E-state index is -0.472. The molecule has 132 valence electrons. The van der Waals surface area contributed by atoms with Gasteiger partial charge in [0, 0.05) is 18.8 Å². The van der Waals surface area contributed by atoms with Gasteiger partial charge >= 0.3 is 0 Å². The summed E-state index contributed by atoms with van der Waals surface area (Å²) in [7, 11) is 1.92. The zero-order valence-electron chi connectivity index (χ0n) is 14.3. The summed E-state index contributed by atoms with van der Waals surface area (Å²) in [6.45, 7) is 1.64. The van der Waals surface area contributed by atoms with Gasteiger partial charge in [-0.3, -0.25) is 14.9 Å². The molecule has 3 aromatic rings. The molecule has 0 aliphatic heterocycles. The SMILES string of the molecule is Cc1sc(C(=O)Nc2ccccc2N(C)c2ccccc2)cc1[N+](=O)[O-]. The zero-order valence-corrected chi connectivity index (χ0v) is 15.1. The van der Waals surface area contributed by atoms with E-state index >= 15 is 0 Å². The molecule has 0 saturated carbocycles. The van der Waals surface area contributed by atoms with E-state index in [0.29, 0.717) is 15.4 Å². The van der Waals surface area contributed by atoms with Gasteiger partial charge in [-0.1, -0.05) is 30.3 Å². The fourth-order valence-electron chi connectivity index (χ4n) is 2.61. The van der Waals surface area contributed by atoms with E-state index in [1.165, 1.54) is 6.07 Å². The lowest BCUT2D eigenvalue weighted by Crippen LogP contribution is -2.16. The average Bonchev–Trinajstić information content (AvgIpc) is 3.04. The lowest BCUT2D eigenvalue weighted by molar-refractivity contribution is -0.385. The first-order chi connectivity index (χ1) is 12.5. The first-order valence-electron chi connectivity index (χ1n) is 7.91. The van der Waals surface area contributed by atoms with Gasteiger partial charge in [-0.15, -0.1) is 11.3 Å². The molecule has 0 atom stereocenters. The summed E-state index contributed by atoms with van der Waals surface area (Å²) in [5, 5.41) is 13.9. The molecule has 1 heterocycles. The number of para-hydroxylation sites is 3. The van der Waals surface area contributed by atoms with E-state index in [9.17, 15) is 14.9 Å². The summed E-state index contributed by atoms with van der Waals surface area (Å²) in [6, 6.07) is 18.5. The van der Waals surface area contributed by atoms with Crippen LogP contribution in [-0.4, -0.2) is 17.9 Å². The number of aryl methyl sites for hydroxylation is 1. The summed E-state index contributed by atoms with van der Waals surface area (Å²) in [5.74, 6) is -0.361. The monoisotopic (exact) mass is 367 g/mol. The van der Waals surface area contributed by atoms with Gasteiger partial charge in [0.15, 0.2) is 0 Å². The molecule has 0 aliphatic rings. The van der Waals surface area contributed by atoms with E-state index in [2.05, 4.69) is 5.32 Å². The molecule has 1 N–H and O–H groups in total. The van der Waals surface area contributed by atoms with Crippen molar-refractivity contribution in [1.82, 2.24) is 0 Å². The van der Waals surface area contributed by atoms with Crippen molar-refractivity contribution in [3.05, 3.63) is 80.5 Å². The van der Waals surface area contributed by atoms with E-state index in [1.54, 1.807) is 6.92 Å². The van der Waals surface area contributed by atoms with Gasteiger partial charge in [0.1, 0.15) is 0 Å². The van der Waals surface area contributed by atoms with Crippen molar-refractivity contribution in [2.45, 2.75) is 6.92 Å². The van der Waals surface area contributed by atoms with Crippen LogP contribution >= 0.6 is 11.3 Å². The number of hydrogen-bond donors (Lipinski definition) is 1. The topological polar surface area (TPSA) is 75.5 Å². The highest BCUT2D eigenvalue weighted by atomic mass is 32.1. The van der Waals surface area contributed by atoms with E-state index in [4.69, 9.17) is 0 Å². The number of amides is 1. The average molecular weight is 367 g/mol. The van der Waals surface area contributed by atoms with E-state index in [0.717, 1.165) is 22.7 Å². The van der Waals surface area contributed by atoms with Crippen LogP contribution in [0.4, 0.5) is 22.7 Å². The van der Waals surface area contributed by atoms with E-state index in [1.807, 2.05) is 66.5 Å². The highest BCUT2D eigenvalue weighted by Crippen LogP contribution is 2.32. The summed E-state index contributed by atoms with van der Waals surface area (Å²) < 4.78 is 0. The molecule has 3 rings (SSSR count). The second-order valence-electron chi connectivity index (χ2n) is 5.68. The molecule has 2 aromatic carbocycles. The van der Waals surface area contributed by atoms with Crippen molar-refractivity contribution in [2.24, 2.45) is 0 Å². The number of carbonyl (C=O) groups is 1. The number of carbonyl (C=O) groups excluding carboxylic acids is 1. The number of nitrogens with one attached hydrogen (secondary N) is 1. The van der Waals surface area contributed by atoms with Crippen LogP contribution in [0.2, 0.25) is 0 Å². The Morgan fingerprint density at radius 1 is 1.12 bits per heavy atom. The zero-order chi connectivity index (χ0) is 18.7. The molecule has 0 fully saturated rings. The first-order valence-corrected chi connectivity index (χ1v) is 8.73. The Kier molecular flexibility index (Phi) is 4.99. The van der Waals surface area contributed by atoms with Gasteiger partial charge in [0.05, 0.1) is 26.1 Å². The molecule has 0 unspecified atom stereocenters. The molecule has 7 heteroatoms. The largest absolute Gasteiger partial charge is 0.343 e. The van der Waals surface area contributed by atoms with Crippen LogP contribution in [0.3, 0.4) is 0 Å². The maximum atomic E-state index is 12.6. The van der Waals surface area contributed by atoms with Gasteiger partial charge in [-0.25, -0.2) is 0 Å². The third kappa shape index (κ3) is 3.57. The lowest BCUT2D eigenvalue weighted by atomic mass is 10.2. The molecule has 0 radical (unpaired) electrons. The Balaban J connectivity index is 1.88. The van der Waals surface area contributed by atoms with Crippen molar-refractivity contribution in [2.75, 3.05) is 17.3 Å². The summed E-state index contributed by atoms with van der Waals surface area (Å²) in [4.78, 5) is 25.9. The highest BCUT2D eigenvalue weighted by Gasteiger charge is 2.20. The molecule has 1 amide bonds. The Morgan fingerprint density at radius 2 is 1.77 bits per heavy atom. The van der Waals surface area contributed by atoms with Crippen molar-refractivity contribution in [3.8, 4) is 0 Å². The van der Waals surface area contributed by atoms with Crippen LogP contribution in [0.5, 0.6) is 0 Å². The van der Waals surface area contributed by atoms with E-state index < -0.39 is 4.92 Å². The molecular weight excluding hydrogens is 350 g/mol. The minimum Gasteiger partial charge on any atom is -0.343 e. The van der Waals surface area contributed by atoms with Crippen LogP contribution in [-0.2, 0) is 0 Å². The first kappa shape index (κ1) is 17.6. The number of anilines is 3. The third-order valence-electron chi connectivity index (χ3n) is 3.97. The molecule has 6 nitrogen and oxygen atoms in total. The Morgan fingerprint density at radius 3 is 2.42 bits per heavy atom. The second kappa shape index (κ2) is 7.37. The molecule has 0 bridgehead atoms. The fraction of sp³-hybridized carbons (Fsp3) is 0.105. The van der Waals surface area contributed by atoms with Gasteiger partial charge < -0.3 is 10.2 Å². The molecule has 1 aromatic heterocycles. The Hall–Kier alpha value is -3.19. The van der Waals surface area contributed by atoms with E-state index in [-0.39, 0.29) is 11.6 Å². The van der Waals surface area contributed by atoms with Crippen molar-refractivity contribution in [3.63, 3.8) is 0 Å². The van der Waals surface area contributed by atoms with Crippen LogP contribution < -0.4 is 10.2 Å². The number of benzene rings is 2. The predicted octanol–water partition coefficient (Wildman–Crippen LogP) is 4.98. The van der Waals surface area contributed by atoms with Gasteiger partial charge in [0.2, 0.25) is 0 Å². The number of hydrogen-bond acceptors (Lipinski definition) is 5. The van der Waals surface area contributed by atoms with Gasteiger partial charge in [-0.2, -0.15) is 0 Å². The van der Waals surface area contributed by atoms with Crippen LogP contribution in [0, 0.1) is 17.0 Å². The summed E-state index contributed by atoms with van der Waals surface area (Å²) in [6.07, 6.45) is 0. The maximum absolute atomic E-state index is 12.6. The predicted molar refractivity (Wildman–Crippen MR) is 105 cm³/mol. The molecule has 26 heavy (non-hydrogen) atoms. The lowest BCUT2D eigenvalue weighted by Gasteiger charge is -2.22. The van der Waals surface area contributed by atoms with Gasteiger partial charge in [-0.05, 0) is 31.2 Å². The minimum absolute atomic E-state index is 0.0326. The second-order valence-corrected chi connectivity index (χ2v) is 6.93. The third-order valence-corrected chi connectivity index (χ3v) is 5.01. The number of thiophene rings is 1. The molecule has 0 saturated heterocycles. The van der Waals surface area contributed by atoms with Crippen LogP contribution in [0.1, 0.15) is 14.5 Å². The summed E-state index contributed by atoms with van der Waals surface area (Å²) >= 11 is 1.11. The van der Waals surface area contributed by atoms with Crippen molar-refractivity contribution >= 4 is 40.0 Å². The van der Waals surface area contributed by atoms with Crippen molar-refractivity contribution in [1.29, 1.82) is 0 Å². The smallest absolute Gasteiger partial charge is 0.283 e. The van der Waals surface area contributed by atoms with Crippen molar-refractivity contribution < 1.29 is 9.72 Å². The fourth-order valence-corrected chi connectivity index (χ4v) is 3.49. The molecular formula is C19H17N3O3S. The number of rotatable bonds is 5. The number of nitro groups is 1. The molecule has 0 spiro atoms. The van der Waals surface area contributed by atoms with Crippen LogP contribution in [0.25, 0.3) is 0 Å². The quantitative estimate of drug-likeness (QED) is 0.509. The normalized spacial score (nSPS) is 10.4. The Labute approximate surface area is 154 Å². The van der Waals surface area contributed by atoms with Crippen LogP contribution in [0.15, 0.2) is 60.7 Å². The maximum Gasteiger partial charge on any atom is 0.283 e.